The van der Waals surface area contributed by atoms with Crippen molar-refractivity contribution in [1.29, 1.82) is 0 Å². The molecular formula is C19H25BrN2O2. The van der Waals surface area contributed by atoms with Crippen molar-refractivity contribution in [2.24, 2.45) is 0 Å². The molecule has 0 aliphatic carbocycles. The highest BCUT2D eigenvalue weighted by atomic mass is 79.9. The molecule has 0 fully saturated rings. The highest BCUT2D eigenvalue weighted by molar-refractivity contribution is 9.10. The molecule has 5 heteroatoms. The fourth-order valence-corrected chi connectivity index (χ4v) is 2.98. The summed E-state index contributed by atoms with van der Waals surface area (Å²) in [4.78, 5) is 12.6. The van der Waals surface area contributed by atoms with Crippen LogP contribution in [0.5, 0.6) is 0 Å². The quantitative estimate of drug-likeness (QED) is 0.626. The molecule has 0 amide bonds. The first-order valence-corrected chi connectivity index (χ1v) is 9.28. The standard InChI is InChI=1S/C19H25BrN2O2/c1-5-11-22-16(12-14-7-9-15(20)10-8-14)17(19(23)24-6-2)18(21-22)13(3)4/h7-10,13H,5-6,11-12H2,1-4H3. The van der Waals surface area contributed by atoms with Crippen LogP contribution >= 0.6 is 15.9 Å². The van der Waals surface area contributed by atoms with Crippen LogP contribution in [0.1, 0.15) is 67.3 Å². The zero-order chi connectivity index (χ0) is 17.7. The summed E-state index contributed by atoms with van der Waals surface area (Å²) in [6.07, 6.45) is 1.63. The Morgan fingerprint density at radius 1 is 1.25 bits per heavy atom. The molecule has 0 spiro atoms. The Morgan fingerprint density at radius 2 is 1.92 bits per heavy atom. The maximum absolute atomic E-state index is 12.6. The SMILES string of the molecule is CCCn1nc(C(C)C)c(C(=O)OCC)c1Cc1ccc(Br)cc1. The molecule has 0 aliphatic heterocycles. The number of esters is 1. The van der Waals surface area contributed by atoms with Crippen molar-refractivity contribution in [2.45, 2.75) is 53.0 Å². The summed E-state index contributed by atoms with van der Waals surface area (Å²) < 4.78 is 8.33. The Labute approximate surface area is 152 Å². The zero-order valence-corrected chi connectivity index (χ0v) is 16.4. The van der Waals surface area contributed by atoms with E-state index in [0.29, 0.717) is 18.6 Å². The van der Waals surface area contributed by atoms with Crippen LogP contribution in [0.2, 0.25) is 0 Å². The number of halogens is 1. The van der Waals surface area contributed by atoms with Gasteiger partial charge in [-0.25, -0.2) is 4.79 Å². The molecule has 0 aliphatic rings. The number of benzene rings is 1. The molecule has 1 heterocycles. The van der Waals surface area contributed by atoms with Crippen molar-refractivity contribution in [3.63, 3.8) is 0 Å². The van der Waals surface area contributed by atoms with Gasteiger partial charge < -0.3 is 4.74 Å². The van der Waals surface area contributed by atoms with Gasteiger partial charge in [-0.15, -0.1) is 0 Å². The van der Waals surface area contributed by atoms with Crippen LogP contribution in [0.15, 0.2) is 28.7 Å². The van der Waals surface area contributed by atoms with Crippen LogP contribution < -0.4 is 0 Å². The second kappa shape index (κ2) is 8.47. The van der Waals surface area contributed by atoms with Crippen molar-refractivity contribution in [2.75, 3.05) is 6.61 Å². The number of aryl methyl sites for hydroxylation is 1. The first-order valence-electron chi connectivity index (χ1n) is 8.49. The lowest BCUT2D eigenvalue weighted by Crippen LogP contribution is -2.12. The number of aromatic nitrogens is 2. The first-order chi connectivity index (χ1) is 11.5. The number of carbonyl (C=O) groups excluding carboxylic acids is 1. The minimum Gasteiger partial charge on any atom is -0.462 e. The lowest BCUT2D eigenvalue weighted by atomic mass is 10.00. The summed E-state index contributed by atoms with van der Waals surface area (Å²) in [6, 6.07) is 8.17. The second-order valence-corrected chi connectivity index (χ2v) is 7.02. The molecule has 4 nitrogen and oxygen atoms in total. The van der Waals surface area contributed by atoms with E-state index in [2.05, 4.69) is 48.8 Å². The minimum atomic E-state index is -0.268. The molecule has 0 bridgehead atoms. The van der Waals surface area contributed by atoms with Gasteiger partial charge in [0.25, 0.3) is 0 Å². The van der Waals surface area contributed by atoms with E-state index in [0.717, 1.165) is 34.4 Å². The van der Waals surface area contributed by atoms with Crippen molar-refractivity contribution in [3.8, 4) is 0 Å². The maximum Gasteiger partial charge on any atom is 0.341 e. The molecule has 130 valence electrons. The molecule has 2 aromatic rings. The molecular weight excluding hydrogens is 368 g/mol. The smallest absolute Gasteiger partial charge is 0.341 e. The van der Waals surface area contributed by atoms with Crippen molar-refractivity contribution in [1.82, 2.24) is 9.78 Å². The largest absolute Gasteiger partial charge is 0.462 e. The van der Waals surface area contributed by atoms with Crippen LogP contribution in [0, 0.1) is 0 Å². The predicted octanol–water partition coefficient (Wildman–Crippen LogP) is 4.95. The third kappa shape index (κ3) is 4.26. The number of rotatable bonds is 7. The van der Waals surface area contributed by atoms with Gasteiger partial charge in [-0.2, -0.15) is 5.10 Å². The van der Waals surface area contributed by atoms with Crippen molar-refractivity contribution in [3.05, 3.63) is 51.3 Å². The maximum atomic E-state index is 12.6. The van der Waals surface area contributed by atoms with Gasteiger partial charge >= 0.3 is 5.97 Å². The number of hydrogen-bond donors (Lipinski definition) is 0. The molecule has 24 heavy (non-hydrogen) atoms. The molecule has 1 aromatic heterocycles. The van der Waals surface area contributed by atoms with E-state index < -0.39 is 0 Å². The number of ether oxygens (including phenoxy) is 1. The monoisotopic (exact) mass is 392 g/mol. The van der Waals surface area contributed by atoms with Gasteiger partial charge in [-0.05, 0) is 37.0 Å². The van der Waals surface area contributed by atoms with Crippen LogP contribution in [-0.2, 0) is 17.7 Å². The second-order valence-electron chi connectivity index (χ2n) is 6.11. The molecule has 0 atom stereocenters. The number of hydrogen-bond acceptors (Lipinski definition) is 3. The summed E-state index contributed by atoms with van der Waals surface area (Å²) in [5.74, 6) is -0.0955. The van der Waals surface area contributed by atoms with E-state index in [4.69, 9.17) is 9.84 Å². The topological polar surface area (TPSA) is 44.1 Å². The van der Waals surface area contributed by atoms with E-state index in [-0.39, 0.29) is 11.9 Å². The first kappa shape index (κ1) is 18.7. The van der Waals surface area contributed by atoms with Gasteiger partial charge in [-0.3, -0.25) is 4.68 Å². The Morgan fingerprint density at radius 3 is 2.46 bits per heavy atom. The third-order valence-electron chi connectivity index (χ3n) is 3.83. The van der Waals surface area contributed by atoms with E-state index >= 15 is 0 Å². The Kier molecular flexibility index (Phi) is 6.60. The van der Waals surface area contributed by atoms with E-state index in [1.54, 1.807) is 0 Å². The molecule has 0 unspecified atom stereocenters. The van der Waals surface area contributed by atoms with Crippen molar-refractivity contribution >= 4 is 21.9 Å². The summed E-state index contributed by atoms with van der Waals surface area (Å²) in [6.45, 7) is 9.23. The number of carbonyl (C=O) groups is 1. The van der Waals surface area contributed by atoms with E-state index in [1.807, 2.05) is 23.7 Å². The van der Waals surface area contributed by atoms with Gasteiger partial charge in [0.1, 0.15) is 5.56 Å². The summed E-state index contributed by atoms with van der Waals surface area (Å²) in [7, 11) is 0. The van der Waals surface area contributed by atoms with Gasteiger partial charge in [0.2, 0.25) is 0 Å². The Bertz CT molecular complexity index is 690. The lowest BCUT2D eigenvalue weighted by Gasteiger charge is -2.10. The fourth-order valence-electron chi connectivity index (χ4n) is 2.72. The number of nitrogens with zero attached hydrogens (tertiary/aromatic N) is 2. The molecule has 0 saturated carbocycles. The van der Waals surface area contributed by atoms with E-state index in [9.17, 15) is 4.79 Å². The summed E-state index contributed by atoms with van der Waals surface area (Å²) in [5.41, 5.74) is 3.56. The summed E-state index contributed by atoms with van der Waals surface area (Å²) in [5, 5.41) is 4.72. The molecule has 1 aromatic carbocycles. The van der Waals surface area contributed by atoms with Crippen molar-refractivity contribution < 1.29 is 9.53 Å². The van der Waals surface area contributed by atoms with Gasteiger partial charge in [0.05, 0.1) is 18.0 Å². The summed E-state index contributed by atoms with van der Waals surface area (Å²) >= 11 is 3.46. The molecule has 0 saturated heterocycles. The van der Waals surface area contributed by atoms with Gasteiger partial charge in [0, 0.05) is 17.4 Å². The van der Waals surface area contributed by atoms with Gasteiger partial charge in [-0.1, -0.05) is 48.8 Å². The molecule has 0 radical (unpaired) electrons. The molecule has 0 N–H and O–H groups in total. The average Bonchev–Trinajstić information content (AvgIpc) is 2.89. The van der Waals surface area contributed by atoms with E-state index in [1.165, 1.54) is 0 Å². The van der Waals surface area contributed by atoms with Gasteiger partial charge in [0.15, 0.2) is 0 Å². The fraction of sp³-hybridized carbons (Fsp3) is 0.474. The third-order valence-corrected chi connectivity index (χ3v) is 4.36. The Hall–Kier alpha value is -1.62. The van der Waals surface area contributed by atoms with Crippen LogP contribution in [0.25, 0.3) is 0 Å². The minimum absolute atomic E-state index is 0.172. The average molecular weight is 393 g/mol. The highest BCUT2D eigenvalue weighted by Gasteiger charge is 2.26. The van der Waals surface area contributed by atoms with Crippen LogP contribution in [0.4, 0.5) is 0 Å². The predicted molar refractivity (Wildman–Crippen MR) is 99.5 cm³/mol. The highest BCUT2D eigenvalue weighted by Crippen LogP contribution is 2.26. The Balaban J connectivity index is 2.51. The van der Waals surface area contributed by atoms with Crippen LogP contribution in [-0.4, -0.2) is 22.4 Å². The zero-order valence-electron chi connectivity index (χ0n) is 14.8. The normalized spacial score (nSPS) is 11.1. The molecule has 2 rings (SSSR count). The van der Waals surface area contributed by atoms with Crippen LogP contribution in [0.3, 0.4) is 0 Å². The lowest BCUT2D eigenvalue weighted by molar-refractivity contribution is 0.0523.